The Morgan fingerprint density at radius 3 is 2.42 bits per heavy atom. The summed E-state index contributed by atoms with van der Waals surface area (Å²) in [7, 11) is 0. The molecule has 1 saturated carbocycles. The molecule has 1 aliphatic heterocycles. The molecule has 9 heteroatoms. The monoisotopic (exact) mass is 461 g/mol. The molecule has 0 bridgehead atoms. The van der Waals surface area contributed by atoms with Gasteiger partial charge in [0.1, 0.15) is 0 Å². The second-order valence-electron chi connectivity index (χ2n) is 8.58. The fourth-order valence-electron chi connectivity index (χ4n) is 4.09. The van der Waals surface area contributed by atoms with Gasteiger partial charge in [0, 0.05) is 31.2 Å². The topological polar surface area (TPSA) is 71.5 Å². The number of rotatable bonds is 6. The second kappa shape index (κ2) is 9.80. The van der Waals surface area contributed by atoms with E-state index in [1.165, 1.54) is 42.1 Å². The molecule has 0 radical (unpaired) electrons. The maximum atomic E-state index is 13.3. The van der Waals surface area contributed by atoms with Gasteiger partial charge >= 0.3 is 12.3 Å². The van der Waals surface area contributed by atoms with Crippen molar-refractivity contribution in [1.82, 2.24) is 15.2 Å². The van der Waals surface area contributed by atoms with Crippen molar-refractivity contribution >= 4 is 12.0 Å². The predicted octanol–water partition coefficient (Wildman–Crippen LogP) is 5.01. The first-order valence-corrected chi connectivity index (χ1v) is 11.2. The normalized spacial score (nSPS) is 17.0. The summed E-state index contributed by atoms with van der Waals surface area (Å²) in [6.07, 6.45) is 1.03. The van der Waals surface area contributed by atoms with Gasteiger partial charge in [0.2, 0.25) is 0 Å². The van der Waals surface area contributed by atoms with E-state index < -0.39 is 23.7 Å². The van der Waals surface area contributed by atoms with Crippen molar-refractivity contribution in [3.63, 3.8) is 0 Å². The molecule has 1 aromatic carbocycles. The summed E-state index contributed by atoms with van der Waals surface area (Å²) >= 11 is 0. The zero-order valence-electron chi connectivity index (χ0n) is 18.1. The van der Waals surface area contributed by atoms with E-state index in [0.717, 1.165) is 24.1 Å². The summed E-state index contributed by atoms with van der Waals surface area (Å²) in [5.41, 5.74) is -0.427. The molecule has 1 aromatic heterocycles. The summed E-state index contributed by atoms with van der Waals surface area (Å²) in [5, 5.41) is 2.73. The first-order valence-electron chi connectivity index (χ1n) is 11.2. The Bertz CT molecular complexity index is 982. The lowest BCUT2D eigenvalue weighted by molar-refractivity contribution is -0.138. The van der Waals surface area contributed by atoms with Gasteiger partial charge in [-0.2, -0.15) is 13.2 Å². The quantitative estimate of drug-likeness (QED) is 0.657. The summed E-state index contributed by atoms with van der Waals surface area (Å²) in [4.78, 5) is 30.4. The first kappa shape index (κ1) is 23.1. The van der Waals surface area contributed by atoms with Gasteiger partial charge in [-0.3, -0.25) is 9.78 Å². The number of likely N-dealkylation sites (tertiary alicyclic amines) is 1. The number of piperidine rings is 1. The molecule has 1 aliphatic carbocycles. The summed E-state index contributed by atoms with van der Waals surface area (Å²) in [6, 6.07) is 8.34. The summed E-state index contributed by atoms with van der Waals surface area (Å²) in [5.74, 6) is 0.547. The van der Waals surface area contributed by atoms with Crippen LogP contribution in [0.1, 0.15) is 59.6 Å². The van der Waals surface area contributed by atoms with Gasteiger partial charge in [0.15, 0.2) is 5.75 Å². The lowest BCUT2D eigenvalue weighted by Crippen LogP contribution is -2.38. The van der Waals surface area contributed by atoms with E-state index in [0.29, 0.717) is 38.2 Å². The molecular weight excluding hydrogens is 435 g/mol. The number of hydrogen-bond acceptors (Lipinski definition) is 4. The Morgan fingerprint density at radius 2 is 1.79 bits per heavy atom. The third-order valence-corrected chi connectivity index (χ3v) is 6.15. The summed E-state index contributed by atoms with van der Waals surface area (Å²) < 4.78 is 45.0. The molecule has 0 spiro atoms. The van der Waals surface area contributed by atoms with E-state index in [1.54, 1.807) is 12.1 Å². The van der Waals surface area contributed by atoms with Crippen LogP contribution in [0, 0.1) is 5.92 Å². The fraction of sp³-hybridized carbons (Fsp3) is 0.458. The van der Waals surface area contributed by atoms with E-state index in [1.807, 2.05) is 0 Å². The van der Waals surface area contributed by atoms with Gasteiger partial charge < -0.3 is 15.0 Å². The predicted molar refractivity (Wildman–Crippen MR) is 115 cm³/mol. The van der Waals surface area contributed by atoms with Gasteiger partial charge in [0.25, 0.3) is 5.91 Å². The highest BCUT2D eigenvalue weighted by atomic mass is 19.4. The number of ether oxygens (including phenoxy) is 1. The number of carbonyl (C=O) groups excluding carboxylic acids is 2. The molecule has 2 aliphatic rings. The Kier molecular flexibility index (Phi) is 6.85. The number of halogens is 3. The minimum atomic E-state index is -4.58. The SMILES string of the molecule is O=C(NCCC1CC1)Oc1ccc(C2CCN(C(=O)c3ccccc3C(F)(F)F)CC2)nc1. The molecule has 1 saturated heterocycles. The standard InChI is InChI=1S/C24H26F3N3O3/c25-24(26,27)20-4-2-1-3-19(20)22(31)30-13-10-17(11-14-30)21-8-7-18(15-29-21)33-23(32)28-12-9-16-5-6-16/h1-4,7-8,15-17H,5-6,9-14H2,(H,28,32). The van der Waals surface area contributed by atoms with Crippen LogP contribution in [0.25, 0.3) is 0 Å². The molecule has 33 heavy (non-hydrogen) atoms. The zero-order valence-corrected chi connectivity index (χ0v) is 18.1. The Morgan fingerprint density at radius 1 is 1.06 bits per heavy atom. The van der Waals surface area contributed by atoms with Crippen LogP contribution in [0.4, 0.5) is 18.0 Å². The highest BCUT2D eigenvalue weighted by Gasteiger charge is 2.36. The number of pyridine rings is 1. The van der Waals surface area contributed by atoms with E-state index in [4.69, 9.17) is 4.74 Å². The fourth-order valence-corrected chi connectivity index (χ4v) is 4.09. The molecular formula is C24H26F3N3O3. The average molecular weight is 461 g/mol. The minimum absolute atomic E-state index is 0.0772. The molecule has 6 nitrogen and oxygen atoms in total. The van der Waals surface area contributed by atoms with Crippen LogP contribution >= 0.6 is 0 Å². The van der Waals surface area contributed by atoms with Crippen molar-refractivity contribution in [2.24, 2.45) is 5.92 Å². The molecule has 2 heterocycles. The van der Waals surface area contributed by atoms with E-state index >= 15 is 0 Å². The van der Waals surface area contributed by atoms with Gasteiger partial charge in [-0.25, -0.2) is 4.79 Å². The highest BCUT2D eigenvalue weighted by molar-refractivity contribution is 5.96. The van der Waals surface area contributed by atoms with Crippen LogP contribution in [0.15, 0.2) is 42.6 Å². The van der Waals surface area contributed by atoms with Crippen LogP contribution in [0.2, 0.25) is 0 Å². The Labute approximate surface area is 190 Å². The number of alkyl halides is 3. The number of aromatic nitrogens is 1. The van der Waals surface area contributed by atoms with Crippen LogP contribution in [-0.2, 0) is 6.18 Å². The number of nitrogens with one attached hydrogen (secondary N) is 1. The van der Waals surface area contributed by atoms with Crippen molar-refractivity contribution in [2.45, 2.75) is 44.2 Å². The second-order valence-corrected chi connectivity index (χ2v) is 8.58. The van der Waals surface area contributed by atoms with Gasteiger partial charge in [0.05, 0.1) is 17.3 Å². The molecule has 4 rings (SSSR count). The average Bonchev–Trinajstić information content (AvgIpc) is 3.63. The zero-order chi connectivity index (χ0) is 23.4. The minimum Gasteiger partial charge on any atom is -0.409 e. The molecule has 0 atom stereocenters. The first-order chi connectivity index (χ1) is 15.8. The van der Waals surface area contributed by atoms with Crippen LogP contribution < -0.4 is 10.1 Å². The lowest BCUT2D eigenvalue weighted by atomic mass is 9.92. The van der Waals surface area contributed by atoms with Gasteiger partial charge in [-0.1, -0.05) is 25.0 Å². The van der Waals surface area contributed by atoms with Crippen molar-refractivity contribution in [3.8, 4) is 5.75 Å². The van der Waals surface area contributed by atoms with Gasteiger partial charge in [-0.15, -0.1) is 0 Å². The van der Waals surface area contributed by atoms with Crippen molar-refractivity contribution in [3.05, 3.63) is 59.4 Å². The maximum absolute atomic E-state index is 13.3. The Hall–Kier alpha value is -3.10. The smallest absolute Gasteiger partial charge is 0.409 e. The van der Waals surface area contributed by atoms with Crippen LogP contribution in [-0.4, -0.2) is 41.5 Å². The molecule has 2 aromatic rings. The van der Waals surface area contributed by atoms with Crippen molar-refractivity contribution in [1.29, 1.82) is 0 Å². The van der Waals surface area contributed by atoms with Crippen LogP contribution in [0.3, 0.4) is 0 Å². The third-order valence-electron chi connectivity index (χ3n) is 6.15. The molecule has 176 valence electrons. The molecule has 0 unspecified atom stereocenters. The highest BCUT2D eigenvalue weighted by Crippen LogP contribution is 2.34. The van der Waals surface area contributed by atoms with E-state index in [9.17, 15) is 22.8 Å². The van der Waals surface area contributed by atoms with Gasteiger partial charge in [-0.05, 0) is 49.4 Å². The van der Waals surface area contributed by atoms with E-state index in [-0.39, 0.29) is 11.5 Å². The van der Waals surface area contributed by atoms with Crippen LogP contribution in [0.5, 0.6) is 5.75 Å². The molecule has 1 N–H and O–H groups in total. The number of carbonyl (C=O) groups is 2. The van der Waals surface area contributed by atoms with E-state index in [2.05, 4.69) is 10.3 Å². The third kappa shape index (κ3) is 6.03. The largest absolute Gasteiger partial charge is 0.417 e. The van der Waals surface area contributed by atoms with Crippen molar-refractivity contribution < 1.29 is 27.5 Å². The molecule has 2 amide bonds. The summed E-state index contributed by atoms with van der Waals surface area (Å²) in [6.45, 7) is 1.29. The maximum Gasteiger partial charge on any atom is 0.417 e. The lowest BCUT2D eigenvalue weighted by Gasteiger charge is -2.32. The Balaban J connectivity index is 1.29. The number of hydrogen-bond donors (Lipinski definition) is 1. The number of nitrogens with zero attached hydrogens (tertiary/aromatic N) is 2. The van der Waals surface area contributed by atoms with Crippen molar-refractivity contribution in [2.75, 3.05) is 19.6 Å². The number of amides is 2. The number of benzene rings is 1. The molecule has 2 fully saturated rings.